The van der Waals surface area contributed by atoms with Crippen molar-refractivity contribution in [1.29, 1.82) is 26.3 Å². The minimum atomic E-state index is -1.34. The zero-order valence-electron chi connectivity index (χ0n) is 47.5. The van der Waals surface area contributed by atoms with E-state index in [4.69, 9.17) is 60.8 Å². The van der Waals surface area contributed by atoms with Crippen molar-refractivity contribution in [2.24, 2.45) is 4.99 Å². The van der Waals surface area contributed by atoms with Gasteiger partial charge in [-0.15, -0.1) is 0 Å². The quantitative estimate of drug-likeness (QED) is 0.0540. The number of para-hydroxylation sites is 4. The van der Waals surface area contributed by atoms with Gasteiger partial charge in [-0.2, -0.15) is 46.7 Å². The Balaban J connectivity index is 0.000000197. The largest absolute Gasteiger partial charge is 0.488 e. The molecule has 444 valence electrons. The zero-order valence-corrected chi connectivity index (χ0v) is 47.5. The van der Waals surface area contributed by atoms with Crippen LogP contribution in [0.2, 0.25) is 0 Å². The van der Waals surface area contributed by atoms with Crippen molar-refractivity contribution in [1.82, 2.24) is 39.1 Å². The first kappa shape index (κ1) is 66.9. The Labute approximate surface area is 508 Å². The van der Waals surface area contributed by atoms with E-state index in [1.165, 1.54) is 49.1 Å². The molecule has 0 aliphatic carbocycles. The van der Waals surface area contributed by atoms with Gasteiger partial charge in [-0.3, -0.25) is 4.99 Å². The van der Waals surface area contributed by atoms with E-state index in [2.05, 4.69) is 25.4 Å². The molecule has 0 radical (unpaired) electrons. The molecule has 0 fully saturated rings. The van der Waals surface area contributed by atoms with Crippen LogP contribution in [0, 0.1) is 56.7 Å². The summed E-state index contributed by atoms with van der Waals surface area (Å²) < 4.78 is 19.9. The lowest BCUT2D eigenvalue weighted by atomic mass is 9.81. The molecule has 9 aromatic rings. The number of nitrogens with zero attached hydrogens (tertiary/aromatic N) is 14. The molecule has 5 heterocycles. The number of hydrogen-bond acceptors (Lipinski definition) is 20. The fourth-order valence-corrected chi connectivity index (χ4v) is 7.24. The van der Waals surface area contributed by atoms with Gasteiger partial charge in [0.05, 0.1) is 54.7 Å². The fraction of sp³-hybridized carbons (Fsp3) is 0.113. The van der Waals surface area contributed by atoms with Crippen LogP contribution in [-0.4, -0.2) is 128 Å². The fourth-order valence-electron chi connectivity index (χ4n) is 7.24. The van der Waals surface area contributed by atoms with Crippen LogP contribution in [0.15, 0.2) is 193 Å². The summed E-state index contributed by atoms with van der Waals surface area (Å²) in [5.41, 5.74) is 4.96. The third kappa shape index (κ3) is 19.6. The zero-order chi connectivity index (χ0) is 64.7. The van der Waals surface area contributed by atoms with E-state index in [1.54, 1.807) is 106 Å². The normalized spacial score (nSPS) is 10.3. The highest BCUT2D eigenvalue weighted by molar-refractivity contribution is 6.58. The predicted octanol–water partition coefficient (Wildman–Crippen LogP) is 6.55. The number of rotatable bonds is 13. The SMILES string of the molecule is CCOC(=O)C1=CC(C#N)=NC1.CCOC(=O)c1cc(C#N)n(-c2ccccc2)n1.CCOC(=O)c1cc(C#N)nn1-c1ccccc1.N#Cc1cc(C(=O)O)n(-c2ccccc2)n1.N#Cc1cc(C(=O)O)nn1-c1ccccc1.OB(O)c1ccccc1. The van der Waals surface area contributed by atoms with Crippen LogP contribution in [0.5, 0.6) is 0 Å². The van der Waals surface area contributed by atoms with Gasteiger partial charge < -0.3 is 34.5 Å². The molecule has 4 N–H and O–H groups in total. The van der Waals surface area contributed by atoms with E-state index in [9.17, 15) is 24.0 Å². The van der Waals surface area contributed by atoms with Crippen LogP contribution in [-0.2, 0) is 19.0 Å². The standard InChI is InChI=1S/2C13H11N3O2.2C11H7N3O2.C8H8N2O2.C6H7BO2/c1-2-18-13(17)12-8-10(9-14)15-16(12)11-6-4-3-5-7-11;1-2-18-13(17)12-8-11(9-14)16(15-12)10-6-4-3-5-7-10;12-7-8-6-10(11(15)16)14(13-8)9-4-2-1-3-5-9;12-7-9-6-10(11(15)16)13-14(9)8-4-2-1-3-5-8;1-2-12-8(11)6-3-7(4-9)10-5-6;8-7(9)6-4-2-1-3-5-6/h2*3-8H,2H2,1H3;2*1-6H,(H,15,16);3H,2,5H2,1H3;1-5,8-9H. The molecule has 27 heteroatoms. The smallest absolute Gasteiger partial charge is 0.477 e. The number of esters is 3. The van der Waals surface area contributed by atoms with E-state index < -0.39 is 31.0 Å². The molecular weight excluding hydrogens is 1140 g/mol. The third-order valence-electron chi connectivity index (χ3n) is 11.2. The van der Waals surface area contributed by atoms with E-state index in [0.717, 1.165) is 5.69 Å². The van der Waals surface area contributed by atoms with E-state index >= 15 is 0 Å². The maximum absolute atomic E-state index is 11.8. The Hall–Kier alpha value is -12.9. The average Bonchev–Trinajstić information content (AvgIpc) is 4.32. The Morgan fingerprint density at radius 3 is 1.21 bits per heavy atom. The second-order valence-electron chi connectivity index (χ2n) is 17.1. The van der Waals surface area contributed by atoms with Gasteiger partial charge in [-0.1, -0.05) is 103 Å². The summed E-state index contributed by atoms with van der Waals surface area (Å²) in [6.45, 7) is 6.35. The lowest BCUT2D eigenvalue weighted by Crippen LogP contribution is -2.29. The molecule has 0 unspecified atom stereocenters. The minimum absolute atomic E-state index is 0.0252. The number of allylic oxidation sites excluding steroid dienone is 1. The van der Waals surface area contributed by atoms with Gasteiger partial charge in [0.2, 0.25) is 0 Å². The molecule has 89 heavy (non-hydrogen) atoms. The maximum Gasteiger partial charge on any atom is 0.488 e. The number of ether oxygens (including phenoxy) is 3. The Morgan fingerprint density at radius 1 is 0.461 bits per heavy atom. The molecule has 0 saturated carbocycles. The van der Waals surface area contributed by atoms with Gasteiger partial charge in [0.25, 0.3) is 0 Å². The van der Waals surface area contributed by atoms with Crippen LogP contribution in [0.25, 0.3) is 22.7 Å². The number of hydrogen-bond donors (Lipinski definition) is 4. The lowest BCUT2D eigenvalue weighted by molar-refractivity contribution is -0.138. The average molecular weight is 1190 g/mol. The number of carbonyl (C=O) groups is 5. The summed E-state index contributed by atoms with van der Waals surface area (Å²) in [4.78, 5) is 59.8. The van der Waals surface area contributed by atoms with Crippen molar-refractivity contribution in [3.63, 3.8) is 0 Å². The van der Waals surface area contributed by atoms with Crippen molar-refractivity contribution in [3.05, 3.63) is 233 Å². The number of benzene rings is 5. The molecular formula is C62H51BN14O12. The van der Waals surface area contributed by atoms with E-state index in [-0.39, 0.29) is 71.3 Å². The van der Waals surface area contributed by atoms with Crippen LogP contribution >= 0.6 is 0 Å². The third-order valence-corrected chi connectivity index (χ3v) is 11.2. The predicted molar refractivity (Wildman–Crippen MR) is 318 cm³/mol. The van der Waals surface area contributed by atoms with Crippen molar-refractivity contribution < 1.29 is 58.4 Å². The molecule has 0 spiro atoms. The molecule has 0 amide bonds. The highest BCUT2D eigenvalue weighted by Crippen LogP contribution is 2.17. The monoisotopic (exact) mass is 1190 g/mol. The van der Waals surface area contributed by atoms with E-state index in [1.807, 2.05) is 97.1 Å². The lowest BCUT2D eigenvalue weighted by Gasteiger charge is -2.05. The Kier molecular flexibility index (Phi) is 26.1. The maximum atomic E-state index is 11.8. The van der Waals surface area contributed by atoms with Gasteiger partial charge >= 0.3 is 37.0 Å². The van der Waals surface area contributed by atoms with Crippen molar-refractivity contribution in [3.8, 4) is 53.1 Å². The van der Waals surface area contributed by atoms with E-state index in [0.29, 0.717) is 40.4 Å². The second-order valence-corrected chi connectivity index (χ2v) is 17.1. The van der Waals surface area contributed by atoms with Crippen LogP contribution in [0.3, 0.4) is 0 Å². The molecule has 5 aromatic carbocycles. The highest BCUT2D eigenvalue weighted by Gasteiger charge is 2.20. The van der Waals surface area contributed by atoms with Crippen molar-refractivity contribution in [2.75, 3.05) is 26.4 Å². The second kappa shape index (κ2) is 34.7. The van der Waals surface area contributed by atoms with Crippen molar-refractivity contribution >= 4 is 48.1 Å². The number of aromatic nitrogens is 8. The molecule has 26 nitrogen and oxygen atoms in total. The number of carboxylic acids is 2. The van der Waals surface area contributed by atoms with Crippen LogP contribution < -0.4 is 5.46 Å². The summed E-state index contributed by atoms with van der Waals surface area (Å²) in [5, 5.41) is 94.7. The topological polar surface area (TPSA) is 397 Å². The van der Waals surface area contributed by atoms with Crippen LogP contribution in [0.1, 0.15) is 85.5 Å². The molecule has 1 aliphatic rings. The Morgan fingerprint density at radius 2 is 0.843 bits per heavy atom. The molecule has 0 saturated heterocycles. The van der Waals surface area contributed by atoms with Gasteiger partial charge in [-0.25, -0.2) is 42.7 Å². The summed E-state index contributed by atoms with van der Waals surface area (Å²) in [6.07, 6.45) is 1.46. The highest BCUT2D eigenvalue weighted by atomic mass is 16.5. The summed E-state index contributed by atoms with van der Waals surface area (Å²) in [7, 11) is -1.34. The molecule has 4 aromatic heterocycles. The van der Waals surface area contributed by atoms with Crippen LogP contribution in [0.4, 0.5) is 0 Å². The number of aliphatic imine (C=N–C) groups is 1. The number of nitriles is 5. The van der Waals surface area contributed by atoms with Gasteiger partial charge in [0, 0.05) is 24.3 Å². The number of carbonyl (C=O) groups excluding carboxylic acids is 3. The van der Waals surface area contributed by atoms with Gasteiger partial charge in [-0.05, 0) is 80.8 Å². The van der Waals surface area contributed by atoms with Crippen molar-refractivity contribution in [2.45, 2.75) is 20.8 Å². The van der Waals surface area contributed by atoms with Gasteiger partial charge in [0.15, 0.2) is 34.2 Å². The summed E-state index contributed by atoms with van der Waals surface area (Å²) in [5.74, 6) is -3.66. The first-order valence-electron chi connectivity index (χ1n) is 26.3. The molecule has 10 rings (SSSR count). The summed E-state index contributed by atoms with van der Waals surface area (Å²) >= 11 is 0. The first-order valence-corrected chi connectivity index (χ1v) is 26.3. The number of aromatic carboxylic acids is 2. The number of carboxylic acid groups (broad SMARTS) is 2. The molecule has 1 aliphatic heterocycles. The molecule has 0 bridgehead atoms. The Bertz CT molecular complexity index is 4150. The van der Waals surface area contributed by atoms with Gasteiger partial charge in [0.1, 0.15) is 47.4 Å². The molecule has 0 atom stereocenters. The summed E-state index contributed by atoms with van der Waals surface area (Å²) in [6, 6.07) is 59.5. The minimum Gasteiger partial charge on any atom is -0.477 e. The first-order chi connectivity index (χ1) is 43.0.